The summed E-state index contributed by atoms with van der Waals surface area (Å²) in [5.41, 5.74) is 0.843. The number of benzene rings is 2. The van der Waals surface area contributed by atoms with Crippen molar-refractivity contribution in [2.75, 3.05) is 6.61 Å². The number of para-hydroxylation sites is 1. The Bertz CT molecular complexity index is 743. The van der Waals surface area contributed by atoms with Crippen LogP contribution >= 0.6 is 0 Å². The van der Waals surface area contributed by atoms with Crippen LogP contribution in [0.4, 0.5) is 0 Å². The summed E-state index contributed by atoms with van der Waals surface area (Å²) < 4.78 is 9.58. The van der Waals surface area contributed by atoms with Crippen molar-refractivity contribution in [3.8, 4) is 5.75 Å². The fourth-order valence-corrected chi connectivity index (χ4v) is 1.90. The maximum absolute atomic E-state index is 10.8. The summed E-state index contributed by atoms with van der Waals surface area (Å²) in [6, 6.07) is 18.2. The fourth-order valence-electron chi connectivity index (χ4n) is 1.90. The fraction of sp³-hybridized carbons (Fsp3) is 0.375. The molecule has 7 nitrogen and oxygen atoms in total. The van der Waals surface area contributed by atoms with Crippen molar-refractivity contribution in [3.63, 3.8) is 0 Å². The van der Waals surface area contributed by atoms with Gasteiger partial charge in [0.25, 0.3) is 0 Å². The highest BCUT2D eigenvalue weighted by molar-refractivity contribution is 5.73. The largest absolute Gasteiger partial charge is 0.481 e. The zero-order valence-electron chi connectivity index (χ0n) is 18.3. The Hall–Kier alpha value is -3.19. The lowest BCUT2D eigenvalue weighted by atomic mass is 10.2. The van der Waals surface area contributed by atoms with Crippen LogP contribution in [0.2, 0.25) is 0 Å². The first-order chi connectivity index (χ1) is 14.8. The van der Waals surface area contributed by atoms with Crippen molar-refractivity contribution in [2.24, 2.45) is 0 Å². The molecule has 7 heteroatoms. The van der Waals surface area contributed by atoms with Crippen LogP contribution in [-0.4, -0.2) is 40.8 Å². The minimum Gasteiger partial charge on any atom is -0.481 e. The zero-order chi connectivity index (χ0) is 23.5. The van der Waals surface area contributed by atoms with Crippen molar-refractivity contribution in [2.45, 2.75) is 52.6 Å². The summed E-state index contributed by atoms with van der Waals surface area (Å²) in [6.45, 7) is 5.59. The summed E-state index contributed by atoms with van der Waals surface area (Å²) in [5.74, 6) is -0.907. The van der Waals surface area contributed by atoms with Gasteiger partial charge in [-0.15, -0.1) is 0 Å². The van der Waals surface area contributed by atoms with Gasteiger partial charge in [-0.05, 0) is 31.0 Å². The van der Waals surface area contributed by atoms with Crippen molar-refractivity contribution < 1.29 is 34.1 Å². The van der Waals surface area contributed by atoms with Crippen LogP contribution in [0.15, 0.2) is 60.7 Å². The number of carboxylic acid groups (broad SMARTS) is 1. The molecule has 0 amide bonds. The highest BCUT2D eigenvalue weighted by Crippen LogP contribution is 2.08. The Kier molecular flexibility index (Phi) is 15.8. The van der Waals surface area contributed by atoms with E-state index < -0.39 is 18.0 Å². The first kappa shape index (κ1) is 27.8. The maximum Gasteiger partial charge on any atom is 0.334 e. The van der Waals surface area contributed by atoms with Gasteiger partial charge in [-0.25, -0.2) is 4.79 Å². The minimum absolute atomic E-state index is 0.112. The average molecular weight is 433 g/mol. The molecule has 31 heavy (non-hydrogen) atoms. The molecule has 0 aromatic heterocycles. The Balaban J connectivity index is 0.000000436. The highest BCUT2D eigenvalue weighted by Gasteiger charge is 2.08. The quantitative estimate of drug-likeness (QED) is 0.368. The molecule has 2 rings (SSSR count). The molecular weight excluding hydrogens is 400 g/mol. The molecule has 1 unspecified atom stereocenters. The minimum atomic E-state index is -0.989. The average Bonchev–Trinajstić information content (AvgIpc) is 2.75. The summed E-state index contributed by atoms with van der Waals surface area (Å²) in [4.78, 5) is 31.5. The van der Waals surface area contributed by atoms with Gasteiger partial charge in [-0.1, -0.05) is 68.8 Å². The number of carbonyl (C=O) groups is 3. The first-order valence-corrected chi connectivity index (χ1v) is 10.2. The van der Waals surface area contributed by atoms with E-state index in [-0.39, 0.29) is 12.4 Å². The van der Waals surface area contributed by atoms with Gasteiger partial charge in [0.2, 0.25) is 0 Å². The Labute approximate surface area is 183 Å². The van der Waals surface area contributed by atoms with Gasteiger partial charge >= 0.3 is 17.9 Å². The predicted octanol–water partition coefficient (Wildman–Crippen LogP) is 4.03. The number of rotatable bonds is 8. The summed E-state index contributed by atoms with van der Waals surface area (Å²) in [6.07, 6.45) is 1.39. The SMILES string of the molecule is CCC(=O)Oc1ccccc1.CCCCOC(=O)C(C)O.O=C(O)Cc1ccccc1. The van der Waals surface area contributed by atoms with Gasteiger partial charge in [0.1, 0.15) is 11.9 Å². The van der Waals surface area contributed by atoms with Crippen molar-refractivity contribution in [3.05, 3.63) is 66.2 Å². The van der Waals surface area contributed by atoms with E-state index in [0.29, 0.717) is 18.8 Å². The third-order valence-electron chi connectivity index (χ3n) is 3.55. The molecular formula is C24H32O7. The van der Waals surface area contributed by atoms with E-state index in [1.807, 2.05) is 43.3 Å². The number of hydrogen-bond donors (Lipinski definition) is 2. The summed E-state index contributed by atoms with van der Waals surface area (Å²) in [5, 5.41) is 17.0. The monoisotopic (exact) mass is 432 g/mol. The van der Waals surface area contributed by atoms with Crippen LogP contribution in [0.5, 0.6) is 5.75 Å². The topological polar surface area (TPSA) is 110 Å². The molecule has 0 bridgehead atoms. The number of ether oxygens (including phenoxy) is 2. The molecule has 1 atom stereocenters. The Morgan fingerprint density at radius 3 is 1.94 bits per heavy atom. The number of aliphatic hydroxyl groups excluding tert-OH is 1. The lowest BCUT2D eigenvalue weighted by molar-refractivity contribution is -0.152. The molecule has 0 fully saturated rings. The van der Waals surface area contributed by atoms with Gasteiger partial charge in [0, 0.05) is 6.42 Å². The van der Waals surface area contributed by atoms with Crippen molar-refractivity contribution in [1.82, 2.24) is 0 Å². The summed E-state index contributed by atoms with van der Waals surface area (Å²) >= 11 is 0. The van der Waals surface area contributed by atoms with Crippen LogP contribution in [0.1, 0.15) is 45.6 Å². The van der Waals surface area contributed by atoms with Crippen LogP contribution in [-0.2, 0) is 25.5 Å². The second-order valence-electron chi connectivity index (χ2n) is 6.39. The lowest BCUT2D eigenvalue weighted by Gasteiger charge is -2.04. The normalized spacial score (nSPS) is 10.3. The molecule has 0 aliphatic rings. The van der Waals surface area contributed by atoms with E-state index in [0.717, 1.165) is 18.4 Å². The van der Waals surface area contributed by atoms with Gasteiger partial charge < -0.3 is 19.7 Å². The Morgan fingerprint density at radius 2 is 1.48 bits per heavy atom. The molecule has 2 aromatic carbocycles. The third-order valence-corrected chi connectivity index (χ3v) is 3.55. The second-order valence-corrected chi connectivity index (χ2v) is 6.39. The van der Waals surface area contributed by atoms with E-state index in [1.165, 1.54) is 6.92 Å². The van der Waals surface area contributed by atoms with Gasteiger partial charge in [0.15, 0.2) is 0 Å². The Morgan fingerprint density at radius 1 is 0.935 bits per heavy atom. The van der Waals surface area contributed by atoms with Gasteiger partial charge in [-0.3, -0.25) is 9.59 Å². The molecule has 0 saturated carbocycles. The number of carboxylic acids is 1. The molecule has 0 aliphatic heterocycles. The first-order valence-electron chi connectivity index (χ1n) is 10.2. The highest BCUT2D eigenvalue weighted by atomic mass is 16.5. The van der Waals surface area contributed by atoms with Crippen LogP contribution < -0.4 is 4.74 Å². The summed E-state index contributed by atoms with van der Waals surface area (Å²) in [7, 11) is 0. The number of aliphatic carboxylic acids is 1. The zero-order valence-corrected chi connectivity index (χ0v) is 18.3. The number of aliphatic hydroxyl groups is 1. The van der Waals surface area contributed by atoms with E-state index in [4.69, 9.17) is 14.9 Å². The molecule has 0 heterocycles. The number of esters is 2. The molecule has 170 valence electrons. The molecule has 0 saturated heterocycles. The third kappa shape index (κ3) is 16.3. The standard InChI is InChI=1S/C9H10O2.C8H8O2.C7H14O3/c1-2-9(10)11-8-6-4-3-5-7-8;9-8(10)6-7-4-2-1-3-5-7;1-3-4-5-10-7(9)6(2)8/h3-7H,2H2,1H3;1-5H,6H2,(H,9,10);6,8H,3-5H2,1-2H3. The van der Waals surface area contributed by atoms with E-state index in [1.54, 1.807) is 31.2 Å². The van der Waals surface area contributed by atoms with E-state index in [2.05, 4.69) is 4.74 Å². The number of carbonyl (C=O) groups excluding carboxylic acids is 2. The van der Waals surface area contributed by atoms with Crippen molar-refractivity contribution >= 4 is 17.9 Å². The molecule has 2 aromatic rings. The van der Waals surface area contributed by atoms with Gasteiger partial charge in [-0.2, -0.15) is 0 Å². The predicted molar refractivity (Wildman–Crippen MR) is 118 cm³/mol. The maximum atomic E-state index is 10.8. The molecule has 2 N–H and O–H groups in total. The van der Waals surface area contributed by atoms with Crippen LogP contribution in [0.25, 0.3) is 0 Å². The number of hydrogen-bond acceptors (Lipinski definition) is 6. The van der Waals surface area contributed by atoms with Crippen molar-refractivity contribution in [1.29, 1.82) is 0 Å². The smallest absolute Gasteiger partial charge is 0.334 e. The van der Waals surface area contributed by atoms with E-state index in [9.17, 15) is 14.4 Å². The van der Waals surface area contributed by atoms with Crippen LogP contribution in [0.3, 0.4) is 0 Å². The van der Waals surface area contributed by atoms with Crippen LogP contribution in [0, 0.1) is 0 Å². The molecule has 0 radical (unpaired) electrons. The lowest BCUT2D eigenvalue weighted by Crippen LogP contribution is -2.19. The van der Waals surface area contributed by atoms with E-state index >= 15 is 0 Å². The number of unbranched alkanes of at least 4 members (excludes halogenated alkanes) is 1. The second kappa shape index (κ2) is 17.7. The molecule has 0 spiro atoms. The molecule has 0 aliphatic carbocycles. The van der Waals surface area contributed by atoms with Gasteiger partial charge in [0.05, 0.1) is 13.0 Å².